The Balaban J connectivity index is 1.40. The number of hydrogen-bond donors (Lipinski definition) is 1. The summed E-state index contributed by atoms with van der Waals surface area (Å²) in [6, 6.07) is 23.8. The maximum atomic E-state index is 12.4. The van der Waals surface area contributed by atoms with Gasteiger partial charge in [0.15, 0.2) is 0 Å². The van der Waals surface area contributed by atoms with Crippen molar-refractivity contribution in [3.05, 3.63) is 78.4 Å². The largest absolute Gasteiger partial charge is 0.333 e. The van der Waals surface area contributed by atoms with Crippen molar-refractivity contribution in [2.24, 2.45) is 0 Å². The van der Waals surface area contributed by atoms with Crippen LogP contribution >= 0.6 is 0 Å². The molecule has 2 amide bonds. The molecular formula is C22H20N2O2. The molecule has 3 aromatic rings. The van der Waals surface area contributed by atoms with Gasteiger partial charge in [-0.3, -0.25) is 9.59 Å². The van der Waals surface area contributed by atoms with Crippen LogP contribution in [0.4, 0.5) is 5.69 Å². The third-order valence-electron chi connectivity index (χ3n) is 4.85. The SMILES string of the molecule is O=C(CN1CC(c2ccccc2)CC1=O)Nc1ccc2ccccc2c1. The fourth-order valence-corrected chi connectivity index (χ4v) is 3.51. The summed E-state index contributed by atoms with van der Waals surface area (Å²) >= 11 is 0. The zero-order valence-corrected chi connectivity index (χ0v) is 14.4. The van der Waals surface area contributed by atoms with Gasteiger partial charge in [-0.2, -0.15) is 0 Å². The van der Waals surface area contributed by atoms with E-state index in [0.29, 0.717) is 13.0 Å². The maximum Gasteiger partial charge on any atom is 0.243 e. The van der Waals surface area contributed by atoms with Gasteiger partial charge >= 0.3 is 0 Å². The van der Waals surface area contributed by atoms with Crippen LogP contribution in [0.5, 0.6) is 0 Å². The van der Waals surface area contributed by atoms with E-state index >= 15 is 0 Å². The van der Waals surface area contributed by atoms with Crippen molar-refractivity contribution in [1.29, 1.82) is 0 Å². The molecule has 0 saturated carbocycles. The molecule has 1 aliphatic rings. The number of nitrogens with zero attached hydrogens (tertiary/aromatic N) is 1. The molecule has 1 atom stereocenters. The van der Waals surface area contributed by atoms with E-state index in [1.165, 1.54) is 0 Å². The summed E-state index contributed by atoms with van der Waals surface area (Å²) < 4.78 is 0. The first-order valence-corrected chi connectivity index (χ1v) is 8.80. The van der Waals surface area contributed by atoms with Crippen molar-refractivity contribution in [1.82, 2.24) is 4.90 Å². The molecule has 0 bridgehead atoms. The molecule has 4 rings (SSSR count). The topological polar surface area (TPSA) is 49.4 Å². The molecule has 4 heteroatoms. The normalized spacial score (nSPS) is 16.8. The molecule has 4 nitrogen and oxygen atoms in total. The lowest BCUT2D eigenvalue weighted by Crippen LogP contribution is -2.34. The minimum atomic E-state index is -0.164. The molecular weight excluding hydrogens is 324 g/mol. The van der Waals surface area contributed by atoms with Gasteiger partial charge in [-0.1, -0.05) is 60.7 Å². The van der Waals surface area contributed by atoms with E-state index < -0.39 is 0 Å². The Kier molecular flexibility index (Phi) is 4.40. The Morgan fingerprint density at radius 1 is 0.962 bits per heavy atom. The van der Waals surface area contributed by atoms with E-state index in [1.54, 1.807) is 4.90 Å². The van der Waals surface area contributed by atoms with Crippen molar-refractivity contribution in [3.8, 4) is 0 Å². The number of amides is 2. The van der Waals surface area contributed by atoms with Crippen LogP contribution in [0.15, 0.2) is 72.8 Å². The number of anilines is 1. The van der Waals surface area contributed by atoms with Crippen molar-refractivity contribution in [3.63, 3.8) is 0 Å². The fraction of sp³-hybridized carbons (Fsp3) is 0.182. The lowest BCUT2D eigenvalue weighted by atomic mass is 9.99. The van der Waals surface area contributed by atoms with Gasteiger partial charge < -0.3 is 10.2 Å². The molecule has 1 aliphatic heterocycles. The van der Waals surface area contributed by atoms with E-state index in [9.17, 15) is 9.59 Å². The minimum absolute atomic E-state index is 0.0347. The minimum Gasteiger partial charge on any atom is -0.333 e. The molecule has 1 unspecified atom stereocenters. The van der Waals surface area contributed by atoms with Gasteiger partial charge in [0, 0.05) is 24.6 Å². The average molecular weight is 344 g/mol. The number of fused-ring (bicyclic) bond motifs is 1. The van der Waals surface area contributed by atoms with Crippen molar-refractivity contribution in [2.45, 2.75) is 12.3 Å². The quantitative estimate of drug-likeness (QED) is 0.783. The average Bonchev–Trinajstić information content (AvgIpc) is 3.03. The van der Waals surface area contributed by atoms with Gasteiger partial charge in [0.2, 0.25) is 11.8 Å². The highest BCUT2D eigenvalue weighted by Gasteiger charge is 2.31. The van der Waals surface area contributed by atoms with E-state index in [4.69, 9.17) is 0 Å². The van der Waals surface area contributed by atoms with Crippen LogP contribution in [-0.2, 0) is 9.59 Å². The number of rotatable bonds is 4. The lowest BCUT2D eigenvalue weighted by Gasteiger charge is -2.16. The molecule has 130 valence electrons. The third kappa shape index (κ3) is 3.45. The molecule has 3 aromatic carbocycles. The van der Waals surface area contributed by atoms with Gasteiger partial charge in [0.05, 0.1) is 6.54 Å². The number of likely N-dealkylation sites (tertiary alicyclic amines) is 1. The smallest absolute Gasteiger partial charge is 0.243 e. The van der Waals surface area contributed by atoms with Crippen LogP contribution in [0.2, 0.25) is 0 Å². The second kappa shape index (κ2) is 7.00. The maximum absolute atomic E-state index is 12.4. The first-order valence-electron chi connectivity index (χ1n) is 8.80. The number of hydrogen-bond acceptors (Lipinski definition) is 2. The number of nitrogens with one attached hydrogen (secondary N) is 1. The van der Waals surface area contributed by atoms with Crippen molar-refractivity contribution < 1.29 is 9.59 Å². The Morgan fingerprint density at radius 3 is 2.50 bits per heavy atom. The molecule has 0 radical (unpaired) electrons. The fourth-order valence-electron chi connectivity index (χ4n) is 3.51. The van der Waals surface area contributed by atoms with Crippen molar-refractivity contribution >= 4 is 28.3 Å². The molecule has 1 heterocycles. The number of carbonyl (C=O) groups excluding carboxylic acids is 2. The van der Waals surface area contributed by atoms with Crippen LogP contribution in [-0.4, -0.2) is 29.8 Å². The Morgan fingerprint density at radius 2 is 1.69 bits per heavy atom. The van der Waals surface area contributed by atoms with E-state index in [-0.39, 0.29) is 24.3 Å². The molecule has 0 aromatic heterocycles. The summed E-state index contributed by atoms with van der Waals surface area (Å²) in [6.45, 7) is 0.684. The van der Waals surface area contributed by atoms with Gasteiger partial charge in [0.1, 0.15) is 0 Å². The van der Waals surface area contributed by atoms with Gasteiger partial charge in [-0.15, -0.1) is 0 Å². The third-order valence-corrected chi connectivity index (χ3v) is 4.85. The zero-order chi connectivity index (χ0) is 17.9. The summed E-state index contributed by atoms with van der Waals surface area (Å²) in [7, 11) is 0. The van der Waals surface area contributed by atoms with Gasteiger partial charge in [-0.05, 0) is 28.5 Å². The van der Waals surface area contributed by atoms with Gasteiger partial charge in [-0.25, -0.2) is 0 Å². The van der Waals surface area contributed by atoms with E-state index in [0.717, 1.165) is 22.0 Å². The van der Waals surface area contributed by atoms with Crippen LogP contribution in [0, 0.1) is 0 Å². The predicted molar refractivity (Wildman–Crippen MR) is 103 cm³/mol. The zero-order valence-electron chi connectivity index (χ0n) is 14.4. The number of carbonyl (C=O) groups is 2. The Hall–Kier alpha value is -3.14. The molecule has 26 heavy (non-hydrogen) atoms. The summed E-state index contributed by atoms with van der Waals surface area (Å²) in [6.07, 6.45) is 0.466. The monoisotopic (exact) mass is 344 g/mol. The lowest BCUT2D eigenvalue weighted by molar-refractivity contribution is -0.131. The predicted octanol–water partition coefficient (Wildman–Crippen LogP) is 3.79. The van der Waals surface area contributed by atoms with Crippen LogP contribution in [0.1, 0.15) is 17.9 Å². The second-order valence-corrected chi connectivity index (χ2v) is 6.70. The molecule has 1 fully saturated rings. The van der Waals surface area contributed by atoms with Crippen LogP contribution in [0.3, 0.4) is 0 Å². The first kappa shape index (κ1) is 16.3. The molecule has 0 spiro atoms. The highest BCUT2D eigenvalue weighted by molar-refractivity contribution is 5.97. The molecule has 1 N–H and O–H groups in total. The molecule has 0 aliphatic carbocycles. The van der Waals surface area contributed by atoms with Crippen LogP contribution < -0.4 is 5.32 Å². The van der Waals surface area contributed by atoms with Crippen LogP contribution in [0.25, 0.3) is 10.8 Å². The highest BCUT2D eigenvalue weighted by atomic mass is 16.2. The van der Waals surface area contributed by atoms with E-state index in [1.807, 2.05) is 72.8 Å². The Bertz CT molecular complexity index is 953. The number of benzene rings is 3. The molecule has 1 saturated heterocycles. The van der Waals surface area contributed by atoms with Gasteiger partial charge in [0.25, 0.3) is 0 Å². The summed E-state index contributed by atoms with van der Waals surface area (Å²) in [5.41, 5.74) is 1.90. The Labute approximate surface area is 152 Å². The first-order chi connectivity index (χ1) is 12.7. The summed E-state index contributed by atoms with van der Waals surface area (Å²) in [5.74, 6) is 0.0343. The summed E-state index contributed by atoms with van der Waals surface area (Å²) in [4.78, 5) is 26.3. The highest BCUT2D eigenvalue weighted by Crippen LogP contribution is 2.27. The van der Waals surface area contributed by atoms with E-state index in [2.05, 4.69) is 5.32 Å². The summed E-state index contributed by atoms with van der Waals surface area (Å²) in [5, 5.41) is 5.11. The standard InChI is InChI=1S/C22H20N2O2/c25-21(23-20-11-10-17-8-4-5-9-18(17)12-20)15-24-14-19(13-22(24)26)16-6-2-1-3-7-16/h1-12,19H,13-15H2,(H,23,25). The van der Waals surface area contributed by atoms with Crippen molar-refractivity contribution in [2.75, 3.05) is 18.4 Å². The second-order valence-electron chi connectivity index (χ2n) is 6.70.